The Labute approximate surface area is 164 Å². The normalized spacial score (nSPS) is 14.0. The van der Waals surface area contributed by atoms with Crippen LogP contribution in [0.25, 0.3) is 11.1 Å². The molecular weight excluding hydrogens is 350 g/mol. The number of rotatable bonds is 3. The van der Waals surface area contributed by atoms with Gasteiger partial charge in [0, 0.05) is 12.5 Å². The Bertz CT molecular complexity index is 880. The third-order valence-corrected chi connectivity index (χ3v) is 10.6. The Morgan fingerprint density at radius 1 is 1.15 bits per heavy atom. The van der Waals surface area contributed by atoms with Gasteiger partial charge < -0.3 is 9.33 Å². The van der Waals surface area contributed by atoms with Crippen LogP contribution in [-0.4, -0.2) is 14.2 Å². The fourth-order valence-electron chi connectivity index (χ4n) is 3.37. The van der Waals surface area contributed by atoms with Crippen molar-refractivity contribution < 1.29 is 9.22 Å². The topological polar surface area (TPSA) is 29.5 Å². The maximum atomic E-state index is 12.2. The summed E-state index contributed by atoms with van der Waals surface area (Å²) >= 11 is 0. The smallest absolute Gasteiger partial charge is 0.224 e. The fraction of sp³-hybridized carbons (Fsp3) is 0.435. The van der Waals surface area contributed by atoms with Crippen molar-refractivity contribution in [2.75, 3.05) is 4.90 Å². The van der Waals surface area contributed by atoms with Crippen LogP contribution in [-0.2, 0) is 22.4 Å². The molecule has 0 radical (unpaired) electrons. The van der Waals surface area contributed by atoms with Gasteiger partial charge in [-0.2, -0.15) is 0 Å². The van der Waals surface area contributed by atoms with Crippen LogP contribution in [0.3, 0.4) is 0 Å². The molecular formula is C23H31NO2Si. The summed E-state index contributed by atoms with van der Waals surface area (Å²) in [6, 6.07) is 12.7. The molecule has 0 N–H and O–H groups in total. The van der Waals surface area contributed by atoms with Crippen molar-refractivity contribution in [1.82, 2.24) is 0 Å². The molecule has 2 aromatic rings. The van der Waals surface area contributed by atoms with E-state index in [1.165, 1.54) is 22.3 Å². The summed E-state index contributed by atoms with van der Waals surface area (Å²) in [5, 5.41) is 0.199. The third-order valence-electron chi connectivity index (χ3n) is 6.12. The largest absolute Gasteiger partial charge is 0.413 e. The number of amides is 1. The van der Waals surface area contributed by atoms with Crippen molar-refractivity contribution in [1.29, 1.82) is 0 Å². The summed E-state index contributed by atoms with van der Waals surface area (Å²) in [5.41, 5.74) is 7.03. The van der Waals surface area contributed by atoms with Gasteiger partial charge in [-0.1, -0.05) is 45.0 Å². The highest BCUT2D eigenvalue weighted by atomic mass is 28.4. The van der Waals surface area contributed by atoms with Crippen molar-refractivity contribution in [2.24, 2.45) is 0 Å². The second-order valence-electron chi connectivity index (χ2n) is 9.11. The molecule has 144 valence electrons. The second kappa shape index (κ2) is 6.92. The van der Waals surface area contributed by atoms with E-state index in [0.29, 0.717) is 13.2 Å². The lowest BCUT2D eigenvalue weighted by molar-refractivity contribution is -0.116. The van der Waals surface area contributed by atoms with Gasteiger partial charge in [0.15, 0.2) is 8.32 Å². The van der Waals surface area contributed by atoms with E-state index in [9.17, 15) is 4.79 Å². The van der Waals surface area contributed by atoms with E-state index in [4.69, 9.17) is 4.43 Å². The highest BCUT2D eigenvalue weighted by Gasteiger charge is 2.37. The SMILES string of the molecule is CC(=O)N1Cc2c(C)cc(CO[Si](C)(C)C(C)(C)C)cc2-c2ccccc21. The first-order valence-corrected chi connectivity index (χ1v) is 12.6. The van der Waals surface area contributed by atoms with Gasteiger partial charge in [-0.15, -0.1) is 0 Å². The van der Waals surface area contributed by atoms with Crippen LogP contribution in [0.2, 0.25) is 18.1 Å². The minimum atomic E-state index is -1.79. The van der Waals surface area contributed by atoms with Gasteiger partial charge in [-0.05, 0) is 59.4 Å². The highest BCUT2D eigenvalue weighted by molar-refractivity contribution is 6.74. The number of carbonyl (C=O) groups is 1. The number of benzene rings is 2. The van der Waals surface area contributed by atoms with Crippen LogP contribution in [0.15, 0.2) is 36.4 Å². The predicted molar refractivity (Wildman–Crippen MR) is 115 cm³/mol. The standard InChI is InChI=1S/C23H31NO2Si/c1-16-12-18(15-26-27(6,7)23(3,4)5)13-20-19-10-8-9-11-22(19)24(17(2)25)14-21(16)20/h8-13H,14-15H2,1-7H3. The molecule has 3 rings (SSSR count). The number of hydrogen-bond acceptors (Lipinski definition) is 2. The molecule has 1 heterocycles. The first-order valence-electron chi connectivity index (χ1n) is 9.65. The van der Waals surface area contributed by atoms with Crippen molar-refractivity contribution in [3.63, 3.8) is 0 Å². The van der Waals surface area contributed by atoms with E-state index >= 15 is 0 Å². The van der Waals surface area contributed by atoms with Crippen molar-refractivity contribution in [3.05, 3.63) is 53.1 Å². The summed E-state index contributed by atoms with van der Waals surface area (Å²) in [4.78, 5) is 14.0. The minimum absolute atomic E-state index is 0.0813. The summed E-state index contributed by atoms with van der Waals surface area (Å²) in [7, 11) is -1.79. The molecule has 0 aromatic heterocycles. The molecule has 4 heteroatoms. The van der Waals surface area contributed by atoms with Gasteiger partial charge >= 0.3 is 0 Å². The molecule has 0 saturated carbocycles. The van der Waals surface area contributed by atoms with Gasteiger partial charge in [0.25, 0.3) is 0 Å². The van der Waals surface area contributed by atoms with E-state index < -0.39 is 8.32 Å². The molecule has 0 saturated heterocycles. The zero-order valence-corrected chi connectivity index (χ0v) is 18.6. The predicted octanol–water partition coefficient (Wildman–Crippen LogP) is 6.05. The van der Waals surface area contributed by atoms with Crippen LogP contribution >= 0.6 is 0 Å². The van der Waals surface area contributed by atoms with Gasteiger partial charge in [0.1, 0.15) is 0 Å². The Kier molecular flexibility index (Phi) is 5.08. The molecule has 0 spiro atoms. The van der Waals surface area contributed by atoms with Crippen LogP contribution < -0.4 is 4.90 Å². The highest BCUT2D eigenvalue weighted by Crippen LogP contribution is 2.41. The number of para-hydroxylation sites is 1. The van der Waals surface area contributed by atoms with Crippen molar-refractivity contribution >= 4 is 19.9 Å². The summed E-state index contributed by atoms with van der Waals surface area (Å²) in [5.74, 6) is 0.0813. The minimum Gasteiger partial charge on any atom is -0.413 e. The Hall–Kier alpha value is -1.91. The zero-order chi connectivity index (χ0) is 20.0. The molecule has 2 aromatic carbocycles. The average Bonchev–Trinajstić information content (AvgIpc) is 2.58. The second-order valence-corrected chi connectivity index (χ2v) is 13.9. The number of carbonyl (C=O) groups excluding carboxylic acids is 1. The Balaban J connectivity index is 1.99. The van der Waals surface area contributed by atoms with Gasteiger partial charge in [-0.25, -0.2) is 0 Å². The molecule has 1 aliphatic rings. The van der Waals surface area contributed by atoms with E-state index in [1.807, 2.05) is 23.1 Å². The Morgan fingerprint density at radius 3 is 2.44 bits per heavy atom. The fourth-order valence-corrected chi connectivity index (χ4v) is 4.33. The first kappa shape index (κ1) is 19.8. The lowest BCUT2D eigenvalue weighted by Crippen LogP contribution is -2.40. The average molecular weight is 382 g/mol. The quantitative estimate of drug-likeness (QED) is 0.606. The van der Waals surface area contributed by atoms with Crippen LogP contribution in [0.4, 0.5) is 5.69 Å². The van der Waals surface area contributed by atoms with E-state index in [1.54, 1.807) is 6.92 Å². The lowest BCUT2D eigenvalue weighted by atomic mass is 9.89. The molecule has 0 aliphatic carbocycles. The van der Waals surface area contributed by atoms with E-state index in [0.717, 1.165) is 11.3 Å². The molecule has 1 amide bonds. The lowest BCUT2D eigenvalue weighted by Gasteiger charge is -2.36. The molecule has 3 nitrogen and oxygen atoms in total. The van der Waals surface area contributed by atoms with Crippen molar-refractivity contribution in [3.8, 4) is 11.1 Å². The zero-order valence-electron chi connectivity index (χ0n) is 17.6. The van der Waals surface area contributed by atoms with Gasteiger partial charge in [-0.3, -0.25) is 4.79 Å². The maximum Gasteiger partial charge on any atom is 0.224 e. The first-order chi connectivity index (χ1) is 12.5. The van der Waals surface area contributed by atoms with Crippen LogP contribution in [0, 0.1) is 6.92 Å². The number of hydrogen-bond donors (Lipinski definition) is 0. The number of nitrogens with zero attached hydrogens (tertiary/aromatic N) is 1. The molecule has 0 unspecified atom stereocenters. The molecule has 27 heavy (non-hydrogen) atoms. The monoisotopic (exact) mass is 381 g/mol. The number of fused-ring (bicyclic) bond motifs is 3. The molecule has 1 aliphatic heterocycles. The van der Waals surface area contributed by atoms with Crippen LogP contribution in [0.5, 0.6) is 0 Å². The van der Waals surface area contributed by atoms with E-state index in [2.05, 4.69) is 59.0 Å². The number of anilines is 1. The van der Waals surface area contributed by atoms with E-state index in [-0.39, 0.29) is 10.9 Å². The van der Waals surface area contributed by atoms with Crippen molar-refractivity contribution in [2.45, 2.75) is 65.9 Å². The molecule has 0 fully saturated rings. The summed E-state index contributed by atoms with van der Waals surface area (Å²) in [6.07, 6.45) is 0. The number of aryl methyl sites for hydroxylation is 1. The third kappa shape index (κ3) is 3.74. The molecule has 0 atom stereocenters. The summed E-state index contributed by atoms with van der Waals surface area (Å²) < 4.78 is 6.45. The molecule has 0 bridgehead atoms. The summed E-state index contributed by atoms with van der Waals surface area (Å²) in [6.45, 7) is 16.4. The maximum absolute atomic E-state index is 12.2. The van der Waals surface area contributed by atoms with Gasteiger partial charge in [0.2, 0.25) is 5.91 Å². The van der Waals surface area contributed by atoms with Gasteiger partial charge in [0.05, 0.1) is 18.8 Å². The van der Waals surface area contributed by atoms with Crippen LogP contribution in [0.1, 0.15) is 44.4 Å². The Morgan fingerprint density at radius 2 is 1.81 bits per heavy atom.